The Hall–Kier alpha value is -3.04. The molecule has 0 saturated carbocycles. The standard InChI is InChI=1S/C22H22ClN3O5S/c1-25(11-12-31-16-9-7-15(23)8-10-16)19(27)14-32-22-24-18-6-4-3-5-17(18)21(29)26(22)13-20(28)30-2/h3-10H,11-14H2,1-2H3. The Morgan fingerprint density at radius 1 is 1.16 bits per heavy atom. The number of halogens is 1. The predicted octanol–water partition coefficient (Wildman–Crippen LogP) is 2.85. The van der Waals surface area contributed by atoms with Crippen molar-refractivity contribution in [3.63, 3.8) is 0 Å². The third-order valence-electron chi connectivity index (χ3n) is 4.60. The molecule has 3 aromatic rings. The van der Waals surface area contributed by atoms with Crippen LogP contribution in [0.25, 0.3) is 10.9 Å². The zero-order chi connectivity index (χ0) is 23.1. The van der Waals surface area contributed by atoms with Gasteiger partial charge in [-0.05, 0) is 36.4 Å². The van der Waals surface area contributed by atoms with E-state index in [1.54, 1.807) is 55.6 Å². The first-order chi connectivity index (χ1) is 15.4. The topological polar surface area (TPSA) is 90.7 Å². The van der Waals surface area contributed by atoms with E-state index in [9.17, 15) is 14.4 Å². The number of ether oxygens (including phenoxy) is 2. The molecule has 0 spiro atoms. The van der Waals surface area contributed by atoms with Gasteiger partial charge in [0, 0.05) is 12.1 Å². The number of esters is 1. The van der Waals surface area contributed by atoms with E-state index in [0.29, 0.717) is 34.8 Å². The predicted molar refractivity (Wildman–Crippen MR) is 123 cm³/mol. The van der Waals surface area contributed by atoms with E-state index in [-0.39, 0.29) is 28.9 Å². The van der Waals surface area contributed by atoms with Gasteiger partial charge in [0.2, 0.25) is 5.91 Å². The molecule has 1 amide bonds. The number of thioether (sulfide) groups is 1. The molecular formula is C22H22ClN3O5S. The summed E-state index contributed by atoms with van der Waals surface area (Å²) in [6.45, 7) is 0.409. The van der Waals surface area contributed by atoms with Gasteiger partial charge in [-0.2, -0.15) is 0 Å². The molecule has 0 saturated heterocycles. The lowest BCUT2D eigenvalue weighted by molar-refractivity contribution is -0.141. The fourth-order valence-electron chi connectivity index (χ4n) is 2.78. The summed E-state index contributed by atoms with van der Waals surface area (Å²) in [5.74, 6) is -0.0315. The van der Waals surface area contributed by atoms with Crippen LogP contribution in [0, 0.1) is 0 Å². The van der Waals surface area contributed by atoms with E-state index in [1.165, 1.54) is 16.6 Å². The highest BCUT2D eigenvalue weighted by Gasteiger charge is 2.17. The fraction of sp³-hybridized carbons (Fsp3) is 0.273. The molecule has 0 unspecified atom stereocenters. The van der Waals surface area contributed by atoms with Gasteiger partial charge in [0.25, 0.3) is 5.56 Å². The van der Waals surface area contributed by atoms with Crippen LogP contribution in [0.2, 0.25) is 5.02 Å². The molecule has 10 heteroatoms. The normalized spacial score (nSPS) is 10.7. The number of fused-ring (bicyclic) bond motifs is 1. The van der Waals surface area contributed by atoms with Crippen molar-refractivity contribution < 1.29 is 19.1 Å². The second kappa shape index (κ2) is 11.0. The van der Waals surface area contributed by atoms with Crippen molar-refractivity contribution in [3.8, 4) is 5.75 Å². The van der Waals surface area contributed by atoms with Gasteiger partial charge in [-0.1, -0.05) is 35.5 Å². The van der Waals surface area contributed by atoms with Crippen molar-refractivity contribution in [2.75, 3.05) is 33.1 Å². The van der Waals surface area contributed by atoms with Crippen LogP contribution in [0.5, 0.6) is 5.75 Å². The number of likely N-dealkylation sites (N-methyl/N-ethyl adjacent to an activating group) is 1. The number of carbonyl (C=O) groups excluding carboxylic acids is 2. The molecule has 0 aliphatic rings. The quantitative estimate of drug-likeness (QED) is 0.267. The molecule has 0 radical (unpaired) electrons. The zero-order valence-corrected chi connectivity index (χ0v) is 19.2. The number of carbonyl (C=O) groups is 2. The first-order valence-corrected chi connectivity index (χ1v) is 11.1. The Labute approximate surface area is 194 Å². The number of amides is 1. The molecule has 0 bridgehead atoms. The smallest absolute Gasteiger partial charge is 0.325 e. The van der Waals surface area contributed by atoms with Crippen molar-refractivity contribution in [2.24, 2.45) is 0 Å². The van der Waals surface area contributed by atoms with Crippen LogP contribution in [-0.4, -0.2) is 59.4 Å². The summed E-state index contributed by atoms with van der Waals surface area (Å²) >= 11 is 6.94. The van der Waals surface area contributed by atoms with E-state index in [1.807, 2.05) is 0 Å². The van der Waals surface area contributed by atoms with Crippen LogP contribution in [0.1, 0.15) is 0 Å². The molecule has 0 fully saturated rings. The number of para-hydroxylation sites is 1. The van der Waals surface area contributed by atoms with E-state index in [4.69, 9.17) is 21.1 Å². The van der Waals surface area contributed by atoms with Gasteiger partial charge in [0.15, 0.2) is 5.16 Å². The summed E-state index contributed by atoms with van der Waals surface area (Å²) in [4.78, 5) is 43.2. The lowest BCUT2D eigenvalue weighted by Gasteiger charge is -2.18. The molecule has 0 aliphatic heterocycles. The SMILES string of the molecule is COC(=O)Cn1c(SCC(=O)N(C)CCOc2ccc(Cl)cc2)nc2ccccc2c1=O. The van der Waals surface area contributed by atoms with Crippen LogP contribution >= 0.6 is 23.4 Å². The third kappa shape index (κ3) is 6.02. The minimum absolute atomic E-state index is 0.0450. The Morgan fingerprint density at radius 2 is 1.88 bits per heavy atom. The fourth-order valence-corrected chi connectivity index (χ4v) is 3.85. The maximum absolute atomic E-state index is 12.9. The van der Waals surface area contributed by atoms with Crippen LogP contribution in [-0.2, 0) is 20.9 Å². The van der Waals surface area contributed by atoms with E-state index in [2.05, 4.69) is 4.98 Å². The summed E-state index contributed by atoms with van der Waals surface area (Å²) in [6.07, 6.45) is 0. The van der Waals surface area contributed by atoms with E-state index >= 15 is 0 Å². The van der Waals surface area contributed by atoms with Gasteiger partial charge in [-0.3, -0.25) is 19.0 Å². The van der Waals surface area contributed by atoms with Crippen LogP contribution in [0.15, 0.2) is 58.5 Å². The highest BCUT2D eigenvalue weighted by Crippen LogP contribution is 2.19. The number of aromatic nitrogens is 2. The second-order valence-electron chi connectivity index (χ2n) is 6.79. The molecule has 0 atom stereocenters. The molecule has 1 aromatic heterocycles. The van der Waals surface area contributed by atoms with Crippen LogP contribution in [0.4, 0.5) is 0 Å². The number of hydrogen-bond acceptors (Lipinski definition) is 7. The molecule has 32 heavy (non-hydrogen) atoms. The molecule has 168 valence electrons. The average molecular weight is 476 g/mol. The molecule has 3 rings (SSSR count). The largest absolute Gasteiger partial charge is 0.492 e. The zero-order valence-electron chi connectivity index (χ0n) is 17.6. The van der Waals surface area contributed by atoms with Gasteiger partial charge >= 0.3 is 5.97 Å². The summed E-state index contributed by atoms with van der Waals surface area (Å²) in [5, 5.41) is 1.29. The number of methoxy groups -OCH3 is 1. The molecule has 0 aliphatic carbocycles. The van der Waals surface area contributed by atoms with Gasteiger partial charge in [0.1, 0.15) is 18.9 Å². The second-order valence-corrected chi connectivity index (χ2v) is 8.16. The number of nitrogens with zero attached hydrogens (tertiary/aromatic N) is 3. The maximum atomic E-state index is 12.9. The van der Waals surface area contributed by atoms with Crippen molar-refractivity contribution >= 4 is 46.1 Å². The van der Waals surface area contributed by atoms with Gasteiger partial charge < -0.3 is 14.4 Å². The summed E-state index contributed by atoms with van der Waals surface area (Å²) in [7, 11) is 2.92. The van der Waals surface area contributed by atoms with Crippen molar-refractivity contribution in [1.29, 1.82) is 0 Å². The van der Waals surface area contributed by atoms with Crippen LogP contribution < -0.4 is 10.3 Å². The first-order valence-electron chi connectivity index (χ1n) is 9.70. The highest BCUT2D eigenvalue weighted by molar-refractivity contribution is 7.99. The Balaban J connectivity index is 1.65. The third-order valence-corrected chi connectivity index (χ3v) is 5.81. The number of benzene rings is 2. The van der Waals surface area contributed by atoms with E-state index < -0.39 is 5.97 Å². The van der Waals surface area contributed by atoms with Gasteiger partial charge in [-0.25, -0.2) is 4.98 Å². The van der Waals surface area contributed by atoms with Crippen molar-refractivity contribution in [2.45, 2.75) is 11.7 Å². The van der Waals surface area contributed by atoms with E-state index in [0.717, 1.165) is 11.8 Å². The number of rotatable bonds is 9. The lowest BCUT2D eigenvalue weighted by atomic mass is 10.2. The monoisotopic (exact) mass is 475 g/mol. The van der Waals surface area contributed by atoms with Gasteiger partial charge in [0.05, 0.1) is 30.3 Å². The molecule has 1 heterocycles. The minimum Gasteiger partial charge on any atom is -0.492 e. The molecular weight excluding hydrogens is 454 g/mol. The molecule has 2 aromatic carbocycles. The highest BCUT2D eigenvalue weighted by atomic mass is 35.5. The lowest BCUT2D eigenvalue weighted by Crippen LogP contribution is -2.33. The maximum Gasteiger partial charge on any atom is 0.325 e. The van der Waals surface area contributed by atoms with Crippen molar-refractivity contribution in [3.05, 3.63) is 63.9 Å². The summed E-state index contributed by atoms with van der Waals surface area (Å²) in [6, 6.07) is 13.8. The molecule has 8 nitrogen and oxygen atoms in total. The Morgan fingerprint density at radius 3 is 2.59 bits per heavy atom. The van der Waals surface area contributed by atoms with Crippen LogP contribution in [0.3, 0.4) is 0 Å². The summed E-state index contributed by atoms with van der Waals surface area (Å²) < 4.78 is 11.5. The van der Waals surface area contributed by atoms with Gasteiger partial charge in [-0.15, -0.1) is 0 Å². The van der Waals surface area contributed by atoms with Crippen molar-refractivity contribution in [1.82, 2.24) is 14.5 Å². The molecule has 0 N–H and O–H groups in total. The average Bonchev–Trinajstić information content (AvgIpc) is 2.80. The first kappa shape index (κ1) is 23.6. The Bertz CT molecular complexity index is 1170. The summed E-state index contributed by atoms with van der Waals surface area (Å²) in [5.41, 5.74) is 0.138. The number of hydrogen-bond donors (Lipinski definition) is 0. The minimum atomic E-state index is -0.575. The Kier molecular flexibility index (Phi) is 8.13.